The Morgan fingerprint density at radius 2 is 1.78 bits per heavy atom. The molecule has 4 heterocycles. The van der Waals surface area contributed by atoms with Gasteiger partial charge in [0.05, 0.1) is 64.7 Å². The number of aromatic carboxylic acids is 1. The number of carbonyl (C=O) groups is 1. The first-order valence-electron chi connectivity index (χ1n) is 14.8. The number of hydrogen-bond donors (Lipinski definition) is 1. The Kier molecular flexibility index (Phi) is 8.81. The van der Waals surface area contributed by atoms with E-state index < -0.39 is 11.8 Å². The van der Waals surface area contributed by atoms with Gasteiger partial charge in [-0.3, -0.25) is 14.8 Å². The summed E-state index contributed by atoms with van der Waals surface area (Å²) in [5.74, 6) is -0.563. The minimum absolute atomic E-state index is 0.0872. The van der Waals surface area contributed by atoms with Gasteiger partial charge in [-0.2, -0.15) is 5.26 Å². The summed E-state index contributed by atoms with van der Waals surface area (Å²) in [4.78, 5) is 30.4. The number of nitrogens with zero attached hydrogens (tertiary/aromatic N) is 8. The first-order chi connectivity index (χ1) is 21.9. The van der Waals surface area contributed by atoms with Crippen LogP contribution in [0.4, 0.5) is 4.39 Å². The monoisotopic (exact) mass is 608 g/mol. The number of hydrogen-bond acceptors (Lipinski definition) is 8. The van der Waals surface area contributed by atoms with Gasteiger partial charge in [-0.15, -0.1) is 0 Å². The van der Waals surface area contributed by atoms with Gasteiger partial charge in [0, 0.05) is 45.5 Å². The Morgan fingerprint density at radius 1 is 1.00 bits per heavy atom. The van der Waals surface area contributed by atoms with Crippen LogP contribution in [0.3, 0.4) is 0 Å². The summed E-state index contributed by atoms with van der Waals surface area (Å²) >= 11 is 0. The molecule has 1 aliphatic rings. The van der Waals surface area contributed by atoms with Crippen molar-refractivity contribution >= 4 is 17.0 Å². The maximum Gasteiger partial charge on any atom is 0.335 e. The molecule has 0 bridgehead atoms. The zero-order chi connectivity index (χ0) is 31.3. The lowest BCUT2D eigenvalue weighted by molar-refractivity contribution is 0.0697. The number of nitriles is 1. The van der Waals surface area contributed by atoms with Crippen molar-refractivity contribution in [3.8, 4) is 11.8 Å². The molecule has 0 saturated carbocycles. The van der Waals surface area contributed by atoms with E-state index in [2.05, 4.69) is 30.8 Å². The fraction of sp³-hybridized carbons (Fsp3) is 0.303. The summed E-state index contributed by atoms with van der Waals surface area (Å²) in [6, 6.07) is 16.9. The molecule has 6 rings (SSSR count). The van der Waals surface area contributed by atoms with Gasteiger partial charge in [-0.1, -0.05) is 6.07 Å². The highest BCUT2D eigenvalue weighted by Gasteiger charge is 2.22. The standard InChI is InChI=1S/C33H33FN8O3/c1-2-41-22-36-17-27(41)19-42-30-15-24(33(43)44)7-8-29(30)38-32(42)20-40-12-10-39(11-13-40)18-25-4-3-5-26(37-25)21-45-31-9-6-23(16-35)14-28(31)34/h3-9,14-15,17,22H,2,10-13,18-21H2,1H3,(H,43,44). The average molecular weight is 609 g/mol. The summed E-state index contributed by atoms with van der Waals surface area (Å²) in [6.45, 7) is 8.25. The van der Waals surface area contributed by atoms with Gasteiger partial charge in [0.1, 0.15) is 12.4 Å². The molecule has 3 aromatic heterocycles. The number of carboxylic acid groups (broad SMARTS) is 1. The zero-order valence-corrected chi connectivity index (χ0v) is 24.9. The van der Waals surface area contributed by atoms with E-state index >= 15 is 0 Å². The van der Waals surface area contributed by atoms with E-state index in [9.17, 15) is 14.3 Å². The number of carboxylic acids is 1. The van der Waals surface area contributed by atoms with Gasteiger partial charge in [-0.05, 0) is 55.5 Å². The lowest BCUT2D eigenvalue weighted by Gasteiger charge is -2.34. The molecular weight excluding hydrogens is 575 g/mol. The first kappa shape index (κ1) is 29.9. The smallest absolute Gasteiger partial charge is 0.335 e. The minimum atomic E-state index is -0.964. The number of benzene rings is 2. The summed E-state index contributed by atoms with van der Waals surface area (Å²) in [5, 5.41) is 18.5. The molecule has 0 aliphatic carbocycles. The van der Waals surface area contributed by atoms with Gasteiger partial charge >= 0.3 is 5.97 Å². The second-order valence-electron chi connectivity index (χ2n) is 11.0. The third-order valence-electron chi connectivity index (χ3n) is 8.05. The van der Waals surface area contributed by atoms with Gasteiger partial charge in [0.25, 0.3) is 0 Å². The molecule has 12 heteroatoms. The second-order valence-corrected chi connectivity index (χ2v) is 11.0. The van der Waals surface area contributed by atoms with Crippen LogP contribution in [-0.2, 0) is 32.8 Å². The van der Waals surface area contributed by atoms with Crippen LogP contribution in [0, 0.1) is 17.1 Å². The maximum absolute atomic E-state index is 14.2. The van der Waals surface area contributed by atoms with Crippen molar-refractivity contribution in [1.82, 2.24) is 33.9 Å². The molecule has 0 unspecified atom stereocenters. The highest BCUT2D eigenvalue weighted by Crippen LogP contribution is 2.23. The van der Waals surface area contributed by atoms with Gasteiger partial charge in [0.15, 0.2) is 11.6 Å². The van der Waals surface area contributed by atoms with E-state index in [0.29, 0.717) is 25.3 Å². The van der Waals surface area contributed by atoms with Crippen LogP contribution in [0.15, 0.2) is 67.1 Å². The van der Waals surface area contributed by atoms with Crippen molar-refractivity contribution in [2.75, 3.05) is 26.2 Å². The molecule has 1 N–H and O–H groups in total. The lowest BCUT2D eigenvalue weighted by Crippen LogP contribution is -2.45. The number of rotatable bonds is 11. The predicted molar refractivity (Wildman–Crippen MR) is 164 cm³/mol. The third kappa shape index (κ3) is 6.85. The van der Waals surface area contributed by atoms with E-state index in [1.807, 2.05) is 36.8 Å². The fourth-order valence-corrected chi connectivity index (χ4v) is 5.60. The molecule has 2 aromatic carbocycles. The van der Waals surface area contributed by atoms with E-state index in [0.717, 1.165) is 67.0 Å². The van der Waals surface area contributed by atoms with E-state index in [-0.39, 0.29) is 23.5 Å². The van der Waals surface area contributed by atoms with Crippen molar-refractivity contribution in [1.29, 1.82) is 5.26 Å². The molecule has 45 heavy (non-hydrogen) atoms. The summed E-state index contributed by atoms with van der Waals surface area (Å²) in [5.41, 5.74) is 4.69. The van der Waals surface area contributed by atoms with Crippen molar-refractivity contribution in [3.63, 3.8) is 0 Å². The third-order valence-corrected chi connectivity index (χ3v) is 8.05. The van der Waals surface area contributed by atoms with Gasteiger partial charge in [-0.25, -0.2) is 19.2 Å². The fourth-order valence-electron chi connectivity index (χ4n) is 5.60. The average Bonchev–Trinajstić information content (AvgIpc) is 3.65. The van der Waals surface area contributed by atoms with Crippen LogP contribution in [0.25, 0.3) is 11.0 Å². The molecule has 1 fully saturated rings. The van der Waals surface area contributed by atoms with Crippen LogP contribution < -0.4 is 4.74 Å². The number of pyridine rings is 1. The second kappa shape index (κ2) is 13.3. The molecule has 1 saturated heterocycles. The summed E-state index contributed by atoms with van der Waals surface area (Å²) in [6.07, 6.45) is 3.65. The first-order valence-corrected chi connectivity index (χ1v) is 14.8. The predicted octanol–water partition coefficient (Wildman–Crippen LogP) is 4.30. The van der Waals surface area contributed by atoms with E-state index in [4.69, 9.17) is 20.0 Å². The van der Waals surface area contributed by atoms with E-state index in [1.165, 1.54) is 12.1 Å². The molecule has 1 aliphatic heterocycles. The quantitative estimate of drug-likeness (QED) is 0.234. The Bertz CT molecular complexity index is 1870. The summed E-state index contributed by atoms with van der Waals surface area (Å²) < 4.78 is 24.0. The molecule has 0 atom stereocenters. The Balaban J connectivity index is 1.09. The van der Waals surface area contributed by atoms with Crippen LogP contribution in [-0.4, -0.2) is 71.1 Å². The van der Waals surface area contributed by atoms with Crippen LogP contribution in [0.5, 0.6) is 5.75 Å². The lowest BCUT2D eigenvalue weighted by atomic mass is 10.2. The molecular formula is C33H33FN8O3. The number of aromatic nitrogens is 5. The van der Waals surface area contributed by atoms with Crippen molar-refractivity contribution in [2.24, 2.45) is 0 Å². The Labute approximate surface area is 259 Å². The van der Waals surface area contributed by atoms with E-state index in [1.54, 1.807) is 18.2 Å². The van der Waals surface area contributed by atoms with Gasteiger partial charge < -0.3 is 19.0 Å². The number of ether oxygens (including phenoxy) is 1. The molecule has 0 spiro atoms. The molecule has 11 nitrogen and oxygen atoms in total. The molecule has 230 valence electrons. The van der Waals surface area contributed by atoms with Crippen molar-refractivity contribution < 1.29 is 19.0 Å². The van der Waals surface area contributed by atoms with Crippen LogP contribution >= 0.6 is 0 Å². The molecule has 5 aromatic rings. The molecule has 0 radical (unpaired) electrons. The molecule has 0 amide bonds. The normalized spacial score (nSPS) is 14.1. The number of piperazine rings is 1. The number of halogens is 1. The van der Waals surface area contributed by atoms with Crippen LogP contribution in [0.2, 0.25) is 0 Å². The largest absolute Gasteiger partial charge is 0.484 e. The number of imidazole rings is 2. The van der Waals surface area contributed by atoms with Crippen molar-refractivity contribution in [2.45, 2.75) is 39.7 Å². The topological polar surface area (TPSA) is 125 Å². The minimum Gasteiger partial charge on any atom is -0.484 e. The SMILES string of the molecule is CCn1cncc1Cn1c(CN2CCN(Cc3cccc(COc4ccc(C#N)cc4F)n3)CC2)nc2ccc(C(=O)O)cc21. The van der Waals surface area contributed by atoms with Crippen molar-refractivity contribution in [3.05, 3.63) is 107 Å². The van der Waals surface area contributed by atoms with Crippen LogP contribution in [0.1, 0.15) is 45.8 Å². The number of fused-ring (bicyclic) bond motifs is 1. The highest BCUT2D eigenvalue weighted by molar-refractivity contribution is 5.92. The van der Waals surface area contributed by atoms with Gasteiger partial charge in [0.2, 0.25) is 0 Å². The Hall–Kier alpha value is -5.12. The number of aryl methyl sites for hydroxylation is 1. The summed E-state index contributed by atoms with van der Waals surface area (Å²) in [7, 11) is 0. The maximum atomic E-state index is 14.2. The zero-order valence-electron chi connectivity index (χ0n) is 24.9. The highest BCUT2D eigenvalue weighted by atomic mass is 19.1. The Morgan fingerprint density at radius 3 is 2.51 bits per heavy atom.